The molecule has 0 radical (unpaired) electrons. The van der Waals surface area contributed by atoms with Crippen molar-refractivity contribution in [2.75, 3.05) is 0 Å². The van der Waals surface area contributed by atoms with Crippen molar-refractivity contribution in [3.63, 3.8) is 0 Å². The zero-order valence-corrected chi connectivity index (χ0v) is 9.70. The molecule has 0 saturated carbocycles. The molecule has 0 bridgehead atoms. The Hall–Kier alpha value is -0.860. The third-order valence-electron chi connectivity index (χ3n) is 2.57. The van der Waals surface area contributed by atoms with Crippen molar-refractivity contribution in [1.82, 2.24) is 0 Å². The highest BCUT2D eigenvalue weighted by atomic mass is 16.3. The average molecular weight is 208 g/mol. The van der Waals surface area contributed by atoms with Gasteiger partial charge in [0.25, 0.3) is 0 Å². The van der Waals surface area contributed by atoms with E-state index in [1.54, 1.807) is 6.92 Å². The van der Waals surface area contributed by atoms with Gasteiger partial charge in [0.2, 0.25) is 0 Å². The lowest BCUT2D eigenvalue weighted by Crippen LogP contribution is -2.17. The smallest absolute Gasteiger partial charge is 0.0605 e. The lowest BCUT2D eigenvalue weighted by molar-refractivity contribution is 0.0908. The van der Waals surface area contributed by atoms with Gasteiger partial charge >= 0.3 is 0 Å². The molecule has 84 valence electrons. The number of rotatable bonds is 4. The molecule has 1 rings (SSSR count). The van der Waals surface area contributed by atoms with E-state index < -0.39 is 12.2 Å². The molecular weight excluding hydrogens is 188 g/mol. The van der Waals surface area contributed by atoms with Crippen LogP contribution in [0.3, 0.4) is 0 Å². The van der Waals surface area contributed by atoms with Crippen molar-refractivity contribution in [3.05, 3.63) is 34.9 Å². The Morgan fingerprint density at radius 3 is 2.40 bits per heavy atom. The number of aliphatic hydroxyl groups is 2. The van der Waals surface area contributed by atoms with Crippen LogP contribution in [-0.4, -0.2) is 22.4 Å². The van der Waals surface area contributed by atoms with Crippen LogP contribution < -0.4 is 0 Å². The molecule has 15 heavy (non-hydrogen) atoms. The second-order valence-electron chi connectivity index (χ2n) is 4.37. The van der Waals surface area contributed by atoms with Gasteiger partial charge < -0.3 is 10.2 Å². The zero-order valence-electron chi connectivity index (χ0n) is 9.70. The van der Waals surface area contributed by atoms with Gasteiger partial charge in [0, 0.05) is 0 Å². The summed E-state index contributed by atoms with van der Waals surface area (Å²) in [7, 11) is 0. The molecule has 2 unspecified atom stereocenters. The van der Waals surface area contributed by atoms with Crippen LogP contribution in [0.15, 0.2) is 18.2 Å². The highest BCUT2D eigenvalue weighted by Crippen LogP contribution is 2.14. The second kappa shape index (κ2) is 5.29. The Balaban J connectivity index is 2.64. The van der Waals surface area contributed by atoms with Crippen molar-refractivity contribution < 1.29 is 10.2 Å². The summed E-state index contributed by atoms with van der Waals surface area (Å²) in [4.78, 5) is 0. The Bertz CT molecular complexity index is 318. The van der Waals surface area contributed by atoms with Gasteiger partial charge in [-0.2, -0.15) is 0 Å². The van der Waals surface area contributed by atoms with Crippen LogP contribution in [0.4, 0.5) is 0 Å². The maximum Gasteiger partial charge on any atom is 0.0605 e. The molecule has 0 aromatic heterocycles. The molecule has 2 nitrogen and oxygen atoms in total. The van der Waals surface area contributed by atoms with Crippen LogP contribution >= 0.6 is 0 Å². The molecule has 0 amide bonds. The van der Waals surface area contributed by atoms with Crippen molar-refractivity contribution in [1.29, 1.82) is 0 Å². The Labute approximate surface area is 91.6 Å². The van der Waals surface area contributed by atoms with E-state index in [0.29, 0.717) is 12.8 Å². The van der Waals surface area contributed by atoms with Crippen molar-refractivity contribution >= 4 is 0 Å². The van der Waals surface area contributed by atoms with E-state index >= 15 is 0 Å². The summed E-state index contributed by atoms with van der Waals surface area (Å²) in [5.41, 5.74) is 3.61. The van der Waals surface area contributed by atoms with E-state index in [1.807, 2.05) is 0 Å². The molecule has 2 N–H and O–H groups in total. The minimum atomic E-state index is -0.452. The highest BCUT2D eigenvalue weighted by Gasteiger charge is 2.10. The second-order valence-corrected chi connectivity index (χ2v) is 4.37. The molecule has 0 aliphatic rings. The first-order valence-corrected chi connectivity index (χ1v) is 5.41. The van der Waals surface area contributed by atoms with E-state index in [1.165, 1.54) is 11.1 Å². The van der Waals surface area contributed by atoms with Gasteiger partial charge in [0.15, 0.2) is 0 Å². The van der Waals surface area contributed by atoms with Gasteiger partial charge in [-0.05, 0) is 44.7 Å². The fourth-order valence-electron chi connectivity index (χ4n) is 1.81. The van der Waals surface area contributed by atoms with E-state index in [2.05, 4.69) is 32.0 Å². The number of aryl methyl sites for hydroxylation is 2. The molecule has 1 aromatic rings. The quantitative estimate of drug-likeness (QED) is 0.794. The Kier molecular flexibility index (Phi) is 4.30. The molecule has 0 fully saturated rings. The van der Waals surface area contributed by atoms with Crippen LogP contribution in [0.5, 0.6) is 0 Å². The number of hydrogen-bond acceptors (Lipinski definition) is 2. The first-order valence-electron chi connectivity index (χ1n) is 5.41. The van der Waals surface area contributed by atoms with Crippen molar-refractivity contribution in [3.8, 4) is 0 Å². The van der Waals surface area contributed by atoms with E-state index in [0.717, 1.165) is 5.56 Å². The molecular formula is C13H20O2. The summed E-state index contributed by atoms with van der Waals surface area (Å²) < 4.78 is 0. The molecule has 2 atom stereocenters. The lowest BCUT2D eigenvalue weighted by Gasteiger charge is -2.14. The molecule has 0 aliphatic carbocycles. The van der Waals surface area contributed by atoms with Gasteiger partial charge in [-0.25, -0.2) is 0 Å². The van der Waals surface area contributed by atoms with Gasteiger partial charge in [-0.3, -0.25) is 0 Å². The van der Waals surface area contributed by atoms with Crippen molar-refractivity contribution in [2.24, 2.45) is 0 Å². The van der Waals surface area contributed by atoms with E-state index in [9.17, 15) is 5.11 Å². The molecule has 0 saturated heterocycles. The summed E-state index contributed by atoms with van der Waals surface area (Å²) in [6, 6.07) is 6.22. The molecule has 0 spiro atoms. The fraction of sp³-hybridized carbons (Fsp3) is 0.538. The van der Waals surface area contributed by atoms with Crippen molar-refractivity contribution in [2.45, 2.75) is 45.8 Å². The number of benzene rings is 1. The van der Waals surface area contributed by atoms with Gasteiger partial charge in [-0.15, -0.1) is 0 Å². The number of hydrogen-bond donors (Lipinski definition) is 2. The van der Waals surface area contributed by atoms with Gasteiger partial charge in [0.05, 0.1) is 12.2 Å². The molecule has 1 aromatic carbocycles. The summed E-state index contributed by atoms with van der Waals surface area (Å²) in [5.74, 6) is 0. The van der Waals surface area contributed by atoms with Crippen LogP contribution in [0.1, 0.15) is 30.0 Å². The third kappa shape index (κ3) is 4.02. The van der Waals surface area contributed by atoms with Gasteiger partial charge in [-0.1, -0.05) is 23.8 Å². The Morgan fingerprint density at radius 1 is 1.20 bits per heavy atom. The SMILES string of the molecule is Cc1ccc(CC(O)CC(C)O)c(C)c1. The summed E-state index contributed by atoms with van der Waals surface area (Å²) in [6.07, 6.45) is 0.168. The standard InChI is InChI=1S/C13H20O2/c1-9-4-5-12(10(2)6-9)8-13(15)7-11(3)14/h4-6,11,13-15H,7-8H2,1-3H3. The average Bonchev–Trinajstić information content (AvgIpc) is 2.08. The summed E-state index contributed by atoms with van der Waals surface area (Å²) >= 11 is 0. The Morgan fingerprint density at radius 2 is 1.87 bits per heavy atom. The monoisotopic (exact) mass is 208 g/mol. The number of aliphatic hydroxyl groups excluding tert-OH is 2. The molecule has 0 heterocycles. The summed E-state index contributed by atoms with van der Waals surface area (Å²) in [5, 5.41) is 18.9. The lowest BCUT2D eigenvalue weighted by atomic mass is 9.98. The third-order valence-corrected chi connectivity index (χ3v) is 2.57. The van der Waals surface area contributed by atoms with Crippen LogP contribution in [0, 0.1) is 13.8 Å². The largest absolute Gasteiger partial charge is 0.393 e. The minimum Gasteiger partial charge on any atom is -0.393 e. The predicted octanol–water partition coefficient (Wildman–Crippen LogP) is 1.98. The zero-order chi connectivity index (χ0) is 11.4. The summed E-state index contributed by atoms with van der Waals surface area (Å²) in [6.45, 7) is 5.81. The van der Waals surface area contributed by atoms with Crippen LogP contribution in [-0.2, 0) is 6.42 Å². The highest BCUT2D eigenvalue weighted by molar-refractivity contribution is 5.30. The van der Waals surface area contributed by atoms with E-state index in [4.69, 9.17) is 5.11 Å². The first-order chi connectivity index (χ1) is 6.99. The van der Waals surface area contributed by atoms with E-state index in [-0.39, 0.29) is 0 Å². The topological polar surface area (TPSA) is 40.5 Å². The van der Waals surface area contributed by atoms with Crippen LogP contribution in [0.25, 0.3) is 0 Å². The minimum absolute atomic E-state index is 0.438. The van der Waals surface area contributed by atoms with Gasteiger partial charge in [0.1, 0.15) is 0 Å². The molecule has 0 aliphatic heterocycles. The molecule has 2 heteroatoms. The normalized spacial score (nSPS) is 15.0. The maximum atomic E-state index is 9.71. The maximum absolute atomic E-state index is 9.71. The fourth-order valence-corrected chi connectivity index (χ4v) is 1.81. The first kappa shape index (κ1) is 12.2. The predicted molar refractivity (Wildman–Crippen MR) is 61.9 cm³/mol. The van der Waals surface area contributed by atoms with Crippen LogP contribution in [0.2, 0.25) is 0 Å².